The fourth-order valence-corrected chi connectivity index (χ4v) is 2.67. The molecule has 2 heterocycles. The number of ether oxygens (including phenoxy) is 1. The van der Waals surface area contributed by atoms with E-state index < -0.39 is 0 Å². The first-order valence-corrected chi connectivity index (χ1v) is 6.04. The highest BCUT2D eigenvalue weighted by Crippen LogP contribution is 2.28. The highest BCUT2D eigenvalue weighted by molar-refractivity contribution is 7.12. The van der Waals surface area contributed by atoms with Gasteiger partial charge in [-0.3, -0.25) is 4.79 Å². The van der Waals surface area contributed by atoms with Gasteiger partial charge in [-0.1, -0.05) is 0 Å². The number of rotatable bonds is 2. The molecule has 2 rings (SSSR count). The normalized spacial score (nSPS) is 20.2. The molecule has 0 bridgehead atoms. The van der Waals surface area contributed by atoms with E-state index in [9.17, 15) is 9.59 Å². The Kier molecular flexibility index (Phi) is 3.16. The molecule has 0 saturated carbocycles. The van der Waals surface area contributed by atoms with Gasteiger partial charge in [-0.15, -0.1) is 22.9 Å². The van der Waals surface area contributed by atoms with Gasteiger partial charge >= 0.3 is 5.97 Å². The number of esters is 1. The number of nitrogens with zero attached hydrogens (tertiary/aromatic N) is 1. The van der Waals surface area contributed by atoms with Gasteiger partial charge in [0.1, 0.15) is 4.88 Å². The Hall–Kier alpha value is -1.07. The first kappa shape index (κ1) is 11.4. The van der Waals surface area contributed by atoms with E-state index in [4.69, 9.17) is 11.6 Å². The standard InChI is InChI=1S/C10H10ClNO3S/c1-15-10(14)8-3-7(5-16-8)12-4-6(11)2-9(12)13/h3,5-6H,2,4H2,1H3. The number of hydrogen-bond donors (Lipinski definition) is 0. The number of carbonyl (C=O) groups excluding carboxylic acids is 2. The largest absolute Gasteiger partial charge is 0.465 e. The third-order valence-electron chi connectivity index (χ3n) is 2.36. The molecule has 0 N–H and O–H groups in total. The van der Waals surface area contributed by atoms with Crippen LogP contribution in [-0.4, -0.2) is 30.9 Å². The molecule has 1 aliphatic heterocycles. The summed E-state index contributed by atoms with van der Waals surface area (Å²) in [5, 5.41) is 1.62. The molecule has 0 aromatic carbocycles. The van der Waals surface area contributed by atoms with Crippen LogP contribution in [-0.2, 0) is 9.53 Å². The highest BCUT2D eigenvalue weighted by atomic mass is 35.5. The molecular formula is C10H10ClNO3S. The molecule has 86 valence electrons. The van der Waals surface area contributed by atoms with Crippen LogP contribution >= 0.6 is 22.9 Å². The molecule has 1 aliphatic rings. The van der Waals surface area contributed by atoms with E-state index in [0.29, 0.717) is 17.8 Å². The Bertz CT molecular complexity index is 431. The maximum atomic E-state index is 11.6. The predicted octanol–water partition coefficient (Wildman–Crippen LogP) is 1.88. The van der Waals surface area contributed by atoms with Crippen LogP contribution in [0.3, 0.4) is 0 Å². The minimum atomic E-state index is -0.384. The number of anilines is 1. The van der Waals surface area contributed by atoms with Crippen LogP contribution in [0.4, 0.5) is 5.69 Å². The first-order chi connectivity index (χ1) is 7.61. The third-order valence-corrected chi connectivity index (χ3v) is 3.55. The molecule has 1 unspecified atom stereocenters. The van der Waals surface area contributed by atoms with Crippen LogP contribution in [0.5, 0.6) is 0 Å². The van der Waals surface area contributed by atoms with Gasteiger partial charge in [0.15, 0.2) is 0 Å². The molecule has 1 fully saturated rings. The summed E-state index contributed by atoms with van der Waals surface area (Å²) in [4.78, 5) is 24.9. The highest BCUT2D eigenvalue weighted by Gasteiger charge is 2.30. The number of carbonyl (C=O) groups is 2. The monoisotopic (exact) mass is 259 g/mol. The third kappa shape index (κ3) is 2.05. The second kappa shape index (κ2) is 4.43. The number of methoxy groups -OCH3 is 1. The lowest BCUT2D eigenvalue weighted by molar-refractivity contribution is -0.117. The van der Waals surface area contributed by atoms with Crippen molar-refractivity contribution in [2.75, 3.05) is 18.6 Å². The first-order valence-electron chi connectivity index (χ1n) is 4.73. The molecule has 16 heavy (non-hydrogen) atoms. The fraction of sp³-hybridized carbons (Fsp3) is 0.400. The zero-order valence-electron chi connectivity index (χ0n) is 8.60. The van der Waals surface area contributed by atoms with Crippen LogP contribution in [0, 0.1) is 0 Å². The molecule has 1 aromatic rings. The van der Waals surface area contributed by atoms with Gasteiger partial charge in [-0.05, 0) is 6.07 Å². The Balaban J connectivity index is 2.19. The van der Waals surface area contributed by atoms with E-state index in [1.54, 1.807) is 16.3 Å². The molecular weight excluding hydrogens is 250 g/mol. The number of hydrogen-bond acceptors (Lipinski definition) is 4. The Labute approximate surface area is 102 Å². The van der Waals surface area contributed by atoms with Crippen molar-refractivity contribution in [3.05, 3.63) is 16.3 Å². The van der Waals surface area contributed by atoms with E-state index in [-0.39, 0.29) is 17.3 Å². The Morgan fingerprint density at radius 1 is 1.69 bits per heavy atom. The van der Waals surface area contributed by atoms with Crippen molar-refractivity contribution in [3.63, 3.8) is 0 Å². The van der Waals surface area contributed by atoms with Crippen LogP contribution in [0.2, 0.25) is 0 Å². The summed E-state index contributed by atoms with van der Waals surface area (Å²) < 4.78 is 4.60. The minimum absolute atomic E-state index is 0.00536. The van der Waals surface area contributed by atoms with Gasteiger partial charge in [0.2, 0.25) is 5.91 Å². The number of thiophene rings is 1. The van der Waals surface area contributed by atoms with E-state index in [1.165, 1.54) is 18.4 Å². The van der Waals surface area contributed by atoms with Crippen molar-refractivity contribution in [1.29, 1.82) is 0 Å². The predicted molar refractivity (Wildman–Crippen MR) is 62.3 cm³/mol. The summed E-state index contributed by atoms with van der Waals surface area (Å²) in [6, 6.07) is 1.66. The second-order valence-electron chi connectivity index (χ2n) is 3.47. The Morgan fingerprint density at radius 3 is 3.00 bits per heavy atom. The maximum Gasteiger partial charge on any atom is 0.348 e. The fourth-order valence-electron chi connectivity index (χ4n) is 1.59. The lowest BCUT2D eigenvalue weighted by Gasteiger charge is -2.12. The molecule has 4 nitrogen and oxygen atoms in total. The topological polar surface area (TPSA) is 46.6 Å². The number of amides is 1. The van der Waals surface area contributed by atoms with E-state index in [1.807, 2.05) is 0 Å². The van der Waals surface area contributed by atoms with Crippen molar-refractivity contribution in [3.8, 4) is 0 Å². The van der Waals surface area contributed by atoms with Crippen LogP contribution in [0.15, 0.2) is 11.4 Å². The summed E-state index contributed by atoms with van der Waals surface area (Å²) in [6.45, 7) is 0.498. The summed E-state index contributed by atoms with van der Waals surface area (Å²) in [5.41, 5.74) is 0.721. The summed E-state index contributed by atoms with van der Waals surface area (Å²) >= 11 is 7.16. The SMILES string of the molecule is COC(=O)c1cc(N2CC(Cl)CC2=O)cs1. The van der Waals surface area contributed by atoms with Crippen LogP contribution < -0.4 is 4.90 Å². The van der Waals surface area contributed by atoms with Crippen molar-refractivity contribution in [1.82, 2.24) is 0 Å². The zero-order chi connectivity index (χ0) is 11.7. The van der Waals surface area contributed by atoms with Gasteiger partial charge in [-0.2, -0.15) is 0 Å². The van der Waals surface area contributed by atoms with Crippen LogP contribution in [0.25, 0.3) is 0 Å². The summed E-state index contributed by atoms with van der Waals surface area (Å²) in [5.74, 6) is -0.389. The van der Waals surface area contributed by atoms with Crippen molar-refractivity contribution in [2.24, 2.45) is 0 Å². The Morgan fingerprint density at radius 2 is 2.44 bits per heavy atom. The van der Waals surface area contributed by atoms with Gasteiger partial charge in [0.25, 0.3) is 0 Å². The average Bonchev–Trinajstić information content (AvgIpc) is 2.83. The molecule has 1 aromatic heterocycles. The van der Waals surface area contributed by atoms with E-state index in [2.05, 4.69) is 4.74 Å². The average molecular weight is 260 g/mol. The van der Waals surface area contributed by atoms with Gasteiger partial charge in [-0.25, -0.2) is 4.79 Å². The minimum Gasteiger partial charge on any atom is -0.465 e. The molecule has 1 atom stereocenters. The summed E-state index contributed by atoms with van der Waals surface area (Å²) in [7, 11) is 1.33. The van der Waals surface area contributed by atoms with Gasteiger partial charge < -0.3 is 9.64 Å². The van der Waals surface area contributed by atoms with Crippen molar-refractivity contribution in [2.45, 2.75) is 11.8 Å². The zero-order valence-corrected chi connectivity index (χ0v) is 10.2. The van der Waals surface area contributed by atoms with Crippen molar-refractivity contribution < 1.29 is 14.3 Å². The van der Waals surface area contributed by atoms with E-state index >= 15 is 0 Å². The molecule has 0 radical (unpaired) electrons. The smallest absolute Gasteiger partial charge is 0.348 e. The molecule has 1 amide bonds. The second-order valence-corrected chi connectivity index (χ2v) is 4.99. The number of halogens is 1. The lowest BCUT2D eigenvalue weighted by atomic mass is 10.4. The van der Waals surface area contributed by atoms with Gasteiger partial charge in [0.05, 0.1) is 18.2 Å². The van der Waals surface area contributed by atoms with Crippen LogP contribution in [0.1, 0.15) is 16.1 Å². The molecule has 6 heteroatoms. The summed E-state index contributed by atoms with van der Waals surface area (Å²) in [6.07, 6.45) is 0.352. The maximum absolute atomic E-state index is 11.6. The molecule has 0 spiro atoms. The number of alkyl halides is 1. The molecule has 1 saturated heterocycles. The lowest BCUT2D eigenvalue weighted by Crippen LogP contribution is -2.23. The van der Waals surface area contributed by atoms with E-state index in [0.717, 1.165) is 5.69 Å². The van der Waals surface area contributed by atoms with Crippen molar-refractivity contribution >= 4 is 40.5 Å². The quantitative estimate of drug-likeness (QED) is 0.602. The molecule has 0 aliphatic carbocycles. The van der Waals surface area contributed by atoms with Gasteiger partial charge in [0, 0.05) is 18.3 Å².